The molecule has 0 atom stereocenters. The van der Waals surface area contributed by atoms with Gasteiger partial charge in [-0.25, -0.2) is 4.98 Å². The molecule has 0 unspecified atom stereocenters. The molecule has 19 heavy (non-hydrogen) atoms. The minimum Gasteiger partial charge on any atom is -0.320 e. The fraction of sp³-hybridized carbons (Fsp3) is 0.0769. The molecule has 6 heteroatoms. The van der Waals surface area contributed by atoms with Crippen molar-refractivity contribution in [2.24, 2.45) is 0 Å². The monoisotopic (exact) mass is 342 g/mol. The van der Waals surface area contributed by atoms with Crippen molar-refractivity contribution in [3.63, 3.8) is 0 Å². The van der Waals surface area contributed by atoms with Crippen LogP contribution in [0.4, 0.5) is 10.1 Å². The van der Waals surface area contributed by atoms with Crippen LogP contribution in [0.15, 0.2) is 34.8 Å². The number of anilines is 1. The Morgan fingerprint density at radius 1 is 1.42 bits per heavy atom. The van der Waals surface area contributed by atoms with Crippen molar-refractivity contribution in [3.8, 4) is 0 Å². The Labute approximate surface area is 122 Å². The largest absolute Gasteiger partial charge is 0.320 e. The van der Waals surface area contributed by atoms with E-state index in [2.05, 4.69) is 26.2 Å². The normalized spacial score (nSPS) is 10.3. The zero-order valence-corrected chi connectivity index (χ0v) is 12.2. The molecule has 1 heterocycles. The van der Waals surface area contributed by atoms with E-state index in [4.69, 9.17) is 11.6 Å². The van der Waals surface area contributed by atoms with Gasteiger partial charge in [-0.1, -0.05) is 17.7 Å². The zero-order valence-electron chi connectivity index (χ0n) is 9.88. The van der Waals surface area contributed by atoms with Crippen LogP contribution in [0.3, 0.4) is 0 Å². The molecule has 0 spiro atoms. The molecule has 0 aliphatic rings. The average molecular weight is 344 g/mol. The SMILES string of the molecule is Cc1cc(Br)c(NC(=O)c2cccc(F)n2)cc1Cl. The van der Waals surface area contributed by atoms with Crippen molar-refractivity contribution in [2.45, 2.75) is 6.92 Å². The number of hydrogen-bond acceptors (Lipinski definition) is 2. The third-order valence-corrected chi connectivity index (χ3v) is 3.51. The van der Waals surface area contributed by atoms with Gasteiger partial charge in [0, 0.05) is 9.50 Å². The standard InChI is InChI=1S/C13H9BrClFN2O/c1-7-5-8(14)11(6-9(7)15)18-13(19)10-3-2-4-12(16)17-10/h2-6H,1H3,(H,18,19). The molecule has 0 aliphatic carbocycles. The van der Waals surface area contributed by atoms with Gasteiger partial charge in [0.15, 0.2) is 0 Å². The second-order valence-corrected chi connectivity index (χ2v) is 5.14. The van der Waals surface area contributed by atoms with Crippen molar-refractivity contribution >= 4 is 39.1 Å². The van der Waals surface area contributed by atoms with Crippen LogP contribution in [0.5, 0.6) is 0 Å². The predicted molar refractivity (Wildman–Crippen MR) is 76.0 cm³/mol. The third kappa shape index (κ3) is 3.30. The Morgan fingerprint density at radius 3 is 2.84 bits per heavy atom. The number of aromatic nitrogens is 1. The van der Waals surface area contributed by atoms with E-state index in [0.29, 0.717) is 15.2 Å². The number of aryl methyl sites for hydroxylation is 1. The number of hydrogen-bond donors (Lipinski definition) is 1. The molecule has 1 aromatic carbocycles. The lowest BCUT2D eigenvalue weighted by molar-refractivity contribution is 0.102. The first-order valence-corrected chi connectivity index (χ1v) is 6.54. The molecule has 2 aromatic rings. The molecule has 0 aliphatic heterocycles. The van der Waals surface area contributed by atoms with Gasteiger partial charge in [-0.05, 0) is 52.7 Å². The highest BCUT2D eigenvalue weighted by atomic mass is 79.9. The van der Waals surface area contributed by atoms with Gasteiger partial charge in [-0.3, -0.25) is 4.79 Å². The average Bonchev–Trinajstić information content (AvgIpc) is 2.36. The third-order valence-electron chi connectivity index (χ3n) is 2.44. The molecular formula is C13H9BrClFN2O. The first-order valence-electron chi connectivity index (χ1n) is 5.37. The first-order chi connectivity index (χ1) is 8.97. The summed E-state index contributed by atoms with van der Waals surface area (Å²) in [6, 6.07) is 7.45. The molecule has 1 aromatic heterocycles. The second-order valence-electron chi connectivity index (χ2n) is 3.88. The van der Waals surface area contributed by atoms with Gasteiger partial charge in [0.05, 0.1) is 5.69 Å². The van der Waals surface area contributed by atoms with Crippen LogP contribution in [0.25, 0.3) is 0 Å². The lowest BCUT2D eigenvalue weighted by atomic mass is 10.2. The minimum atomic E-state index is -0.700. The second kappa shape index (κ2) is 5.67. The molecule has 0 saturated carbocycles. The number of amides is 1. The van der Waals surface area contributed by atoms with Crippen molar-refractivity contribution in [3.05, 3.63) is 57.0 Å². The number of nitrogens with one attached hydrogen (secondary N) is 1. The molecule has 98 valence electrons. The van der Waals surface area contributed by atoms with E-state index in [1.165, 1.54) is 18.2 Å². The van der Waals surface area contributed by atoms with Gasteiger partial charge in [0.25, 0.3) is 5.91 Å². The van der Waals surface area contributed by atoms with Crippen LogP contribution in [0, 0.1) is 12.9 Å². The molecule has 0 radical (unpaired) electrons. The summed E-state index contributed by atoms with van der Waals surface area (Å²) >= 11 is 9.32. The van der Waals surface area contributed by atoms with Crippen LogP contribution in [-0.2, 0) is 0 Å². The number of nitrogens with zero attached hydrogens (tertiary/aromatic N) is 1. The van der Waals surface area contributed by atoms with Crippen molar-refractivity contribution in [1.29, 1.82) is 0 Å². The van der Waals surface area contributed by atoms with E-state index < -0.39 is 11.9 Å². The number of carbonyl (C=O) groups excluding carboxylic acids is 1. The van der Waals surface area contributed by atoms with Gasteiger partial charge in [-0.15, -0.1) is 0 Å². The summed E-state index contributed by atoms with van der Waals surface area (Å²) in [5, 5.41) is 3.16. The van der Waals surface area contributed by atoms with Crippen molar-refractivity contribution in [2.75, 3.05) is 5.32 Å². The van der Waals surface area contributed by atoms with E-state index in [1.54, 1.807) is 12.1 Å². The van der Waals surface area contributed by atoms with Gasteiger partial charge in [0.1, 0.15) is 5.69 Å². The fourth-order valence-corrected chi connectivity index (χ4v) is 2.18. The van der Waals surface area contributed by atoms with E-state index in [9.17, 15) is 9.18 Å². The van der Waals surface area contributed by atoms with E-state index in [-0.39, 0.29) is 5.69 Å². The summed E-state index contributed by atoms with van der Waals surface area (Å²) < 4.78 is 13.6. The van der Waals surface area contributed by atoms with Crippen LogP contribution in [-0.4, -0.2) is 10.9 Å². The highest BCUT2D eigenvalue weighted by molar-refractivity contribution is 9.10. The fourth-order valence-electron chi connectivity index (χ4n) is 1.46. The maximum absolute atomic E-state index is 12.9. The Balaban J connectivity index is 2.27. The maximum Gasteiger partial charge on any atom is 0.274 e. The number of halogens is 3. The van der Waals surface area contributed by atoms with Crippen LogP contribution in [0.2, 0.25) is 5.02 Å². The van der Waals surface area contributed by atoms with E-state index >= 15 is 0 Å². The Hall–Kier alpha value is -1.46. The smallest absolute Gasteiger partial charge is 0.274 e. The van der Waals surface area contributed by atoms with Gasteiger partial charge < -0.3 is 5.32 Å². The molecule has 1 amide bonds. The summed E-state index contributed by atoms with van der Waals surface area (Å²) in [6.45, 7) is 1.85. The van der Waals surface area contributed by atoms with Gasteiger partial charge >= 0.3 is 0 Å². The van der Waals surface area contributed by atoms with E-state index in [0.717, 1.165) is 5.56 Å². The highest BCUT2D eigenvalue weighted by Gasteiger charge is 2.11. The van der Waals surface area contributed by atoms with Crippen molar-refractivity contribution < 1.29 is 9.18 Å². The zero-order chi connectivity index (χ0) is 14.0. The molecule has 0 saturated heterocycles. The molecule has 3 nitrogen and oxygen atoms in total. The minimum absolute atomic E-state index is 0.00333. The summed E-state index contributed by atoms with van der Waals surface area (Å²) in [6.07, 6.45) is 0. The summed E-state index contributed by atoms with van der Waals surface area (Å²) in [5.41, 5.74) is 1.39. The summed E-state index contributed by atoms with van der Waals surface area (Å²) in [5.74, 6) is -1.20. The molecule has 0 fully saturated rings. The Kier molecular flexibility index (Phi) is 4.17. The van der Waals surface area contributed by atoms with Crippen LogP contribution >= 0.6 is 27.5 Å². The quantitative estimate of drug-likeness (QED) is 0.831. The number of carbonyl (C=O) groups is 1. The molecule has 2 rings (SSSR count). The Bertz CT molecular complexity index is 649. The number of rotatable bonds is 2. The lowest BCUT2D eigenvalue weighted by Gasteiger charge is -2.09. The maximum atomic E-state index is 12.9. The summed E-state index contributed by atoms with van der Waals surface area (Å²) in [4.78, 5) is 15.4. The Morgan fingerprint density at radius 2 is 2.16 bits per heavy atom. The lowest BCUT2D eigenvalue weighted by Crippen LogP contribution is -2.14. The van der Waals surface area contributed by atoms with Crippen LogP contribution < -0.4 is 5.32 Å². The first kappa shape index (κ1) is 14.0. The topological polar surface area (TPSA) is 42.0 Å². The van der Waals surface area contributed by atoms with Crippen LogP contribution in [0.1, 0.15) is 16.1 Å². The van der Waals surface area contributed by atoms with Gasteiger partial charge in [-0.2, -0.15) is 4.39 Å². The van der Waals surface area contributed by atoms with Crippen molar-refractivity contribution in [1.82, 2.24) is 4.98 Å². The predicted octanol–water partition coefficient (Wildman–Crippen LogP) is 4.20. The van der Waals surface area contributed by atoms with E-state index in [1.807, 2.05) is 6.92 Å². The number of pyridine rings is 1. The summed E-state index contributed by atoms with van der Waals surface area (Å²) in [7, 11) is 0. The molecule has 0 bridgehead atoms. The molecule has 1 N–H and O–H groups in total. The molecular weight excluding hydrogens is 335 g/mol. The number of benzene rings is 1. The highest BCUT2D eigenvalue weighted by Crippen LogP contribution is 2.29. The van der Waals surface area contributed by atoms with Gasteiger partial charge in [0.2, 0.25) is 5.95 Å².